The predicted molar refractivity (Wildman–Crippen MR) is 97.8 cm³/mol. The Morgan fingerprint density at radius 1 is 1.38 bits per heavy atom. The van der Waals surface area contributed by atoms with E-state index in [0.717, 1.165) is 30.6 Å². The van der Waals surface area contributed by atoms with Crippen LogP contribution in [-0.4, -0.2) is 40.3 Å². The van der Waals surface area contributed by atoms with E-state index < -0.39 is 0 Å². The maximum atomic E-state index is 12.4. The summed E-state index contributed by atoms with van der Waals surface area (Å²) in [5.41, 5.74) is 2.26. The summed E-state index contributed by atoms with van der Waals surface area (Å²) >= 11 is 0. The molecule has 1 amide bonds. The summed E-state index contributed by atoms with van der Waals surface area (Å²) in [6.07, 6.45) is 8.24. The minimum Gasteiger partial charge on any atom is -0.355 e. The molecule has 0 unspecified atom stereocenters. The molecule has 1 saturated heterocycles. The van der Waals surface area contributed by atoms with Crippen LogP contribution in [0.4, 0.5) is 0 Å². The molecule has 1 aliphatic heterocycles. The van der Waals surface area contributed by atoms with E-state index in [2.05, 4.69) is 20.7 Å². The second-order valence-corrected chi connectivity index (χ2v) is 5.72. The molecule has 1 fully saturated rings. The molecule has 2 atom stereocenters. The topological polar surface area (TPSA) is 71.8 Å². The number of hydrogen-bond donors (Lipinski definition) is 2. The van der Waals surface area contributed by atoms with Crippen molar-refractivity contribution in [3.05, 3.63) is 48.0 Å². The van der Waals surface area contributed by atoms with Crippen molar-refractivity contribution < 1.29 is 4.79 Å². The Morgan fingerprint density at radius 3 is 2.88 bits per heavy atom. The van der Waals surface area contributed by atoms with Gasteiger partial charge in [-0.05, 0) is 23.6 Å². The standard InChI is InChI=1S/C16H21N5O.2ClH/c1-21-11-13(8-20-21)14-9-18-10-15(14)16(22)19-6-4-12-3-2-5-17-7-12;;/h2-3,5,7-8,11,14-15,18H,4,6,9-10H2,1H3,(H,19,22);2*1H/t14-,15+;;/m1../s1. The molecule has 2 N–H and O–H groups in total. The van der Waals surface area contributed by atoms with Crippen LogP contribution in [0.2, 0.25) is 0 Å². The SMILES string of the molecule is Cl.Cl.Cn1cc([C@H]2CNC[C@@H]2C(=O)NCCc2cccnc2)cn1. The third-order valence-corrected chi connectivity index (χ3v) is 4.14. The van der Waals surface area contributed by atoms with Gasteiger partial charge in [0.15, 0.2) is 0 Å². The molecule has 6 nitrogen and oxygen atoms in total. The van der Waals surface area contributed by atoms with Gasteiger partial charge in [0, 0.05) is 51.2 Å². The highest BCUT2D eigenvalue weighted by Gasteiger charge is 2.34. The number of nitrogens with one attached hydrogen (secondary N) is 2. The number of carbonyl (C=O) groups is 1. The number of nitrogens with zero attached hydrogens (tertiary/aromatic N) is 3. The third-order valence-electron chi connectivity index (χ3n) is 4.14. The number of halogens is 2. The minimum atomic E-state index is -0.0295. The first kappa shape index (κ1) is 20.4. The van der Waals surface area contributed by atoms with E-state index in [1.807, 2.05) is 37.8 Å². The van der Waals surface area contributed by atoms with Crippen LogP contribution in [0.25, 0.3) is 0 Å². The molecular formula is C16H23Cl2N5O. The van der Waals surface area contributed by atoms with Gasteiger partial charge in [-0.15, -0.1) is 24.8 Å². The van der Waals surface area contributed by atoms with Gasteiger partial charge in [-0.3, -0.25) is 14.5 Å². The molecule has 0 aromatic carbocycles. The zero-order chi connectivity index (χ0) is 15.4. The molecule has 0 aliphatic carbocycles. The Balaban J connectivity index is 0.00000144. The van der Waals surface area contributed by atoms with Crippen LogP contribution in [0, 0.1) is 5.92 Å². The molecule has 0 spiro atoms. The molecule has 3 rings (SSSR count). The maximum Gasteiger partial charge on any atom is 0.225 e. The van der Waals surface area contributed by atoms with Gasteiger partial charge in [0.1, 0.15) is 0 Å². The maximum absolute atomic E-state index is 12.4. The number of carbonyl (C=O) groups excluding carboxylic acids is 1. The van der Waals surface area contributed by atoms with Gasteiger partial charge in [0.05, 0.1) is 12.1 Å². The molecule has 3 heterocycles. The summed E-state index contributed by atoms with van der Waals surface area (Å²) in [5.74, 6) is 0.285. The largest absolute Gasteiger partial charge is 0.355 e. The molecular weight excluding hydrogens is 349 g/mol. The fraction of sp³-hybridized carbons (Fsp3) is 0.438. The first-order chi connectivity index (χ1) is 10.7. The molecule has 0 radical (unpaired) electrons. The normalized spacial score (nSPS) is 19.2. The Kier molecular flexibility index (Phi) is 8.18. The lowest BCUT2D eigenvalue weighted by molar-refractivity contribution is -0.124. The molecule has 8 heteroatoms. The van der Waals surface area contributed by atoms with Gasteiger partial charge in [-0.2, -0.15) is 5.10 Å². The predicted octanol–water partition coefficient (Wildman–Crippen LogP) is 1.32. The summed E-state index contributed by atoms with van der Waals surface area (Å²) in [7, 11) is 1.90. The van der Waals surface area contributed by atoms with Crippen molar-refractivity contribution in [1.29, 1.82) is 0 Å². The Bertz CT molecular complexity index is 634. The Morgan fingerprint density at radius 2 is 2.21 bits per heavy atom. The van der Waals surface area contributed by atoms with Crippen molar-refractivity contribution in [2.45, 2.75) is 12.3 Å². The van der Waals surface area contributed by atoms with Crippen LogP contribution in [-0.2, 0) is 18.3 Å². The Labute approximate surface area is 154 Å². The molecule has 2 aromatic rings. The van der Waals surface area contributed by atoms with Crippen molar-refractivity contribution in [3.63, 3.8) is 0 Å². The molecule has 132 valence electrons. The van der Waals surface area contributed by atoms with Crippen LogP contribution in [0.5, 0.6) is 0 Å². The second kappa shape index (κ2) is 9.61. The lowest BCUT2D eigenvalue weighted by atomic mass is 9.90. The minimum absolute atomic E-state index is 0. The van der Waals surface area contributed by atoms with E-state index >= 15 is 0 Å². The number of aryl methyl sites for hydroxylation is 1. The van der Waals surface area contributed by atoms with Gasteiger partial charge >= 0.3 is 0 Å². The van der Waals surface area contributed by atoms with Crippen molar-refractivity contribution >= 4 is 30.7 Å². The third kappa shape index (κ3) is 4.93. The summed E-state index contributed by atoms with van der Waals surface area (Å²) < 4.78 is 1.78. The van der Waals surface area contributed by atoms with E-state index in [-0.39, 0.29) is 42.6 Å². The highest BCUT2D eigenvalue weighted by Crippen LogP contribution is 2.27. The van der Waals surface area contributed by atoms with Crippen molar-refractivity contribution in [2.24, 2.45) is 13.0 Å². The van der Waals surface area contributed by atoms with Crippen LogP contribution < -0.4 is 10.6 Å². The van der Waals surface area contributed by atoms with Crippen LogP contribution in [0.1, 0.15) is 17.0 Å². The van der Waals surface area contributed by atoms with Crippen molar-refractivity contribution in [3.8, 4) is 0 Å². The van der Waals surface area contributed by atoms with Gasteiger partial charge in [0.2, 0.25) is 5.91 Å². The molecule has 0 saturated carbocycles. The smallest absolute Gasteiger partial charge is 0.225 e. The Hall–Kier alpha value is -1.63. The van der Waals surface area contributed by atoms with E-state index in [9.17, 15) is 4.79 Å². The summed E-state index contributed by atoms with van der Waals surface area (Å²) in [6.45, 7) is 2.19. The molecule has 24 heavy (non-hydrogen) atoms. The lowest BCUT2D eigenvalue weighted by Gasteiger charge is -2.17. The van der Waals surface area contributed by atoms with Crippen molar-refractivity contribution in [2.75, 3.05) is 19.6 Å². The average Bonchev–Trinajstić information content (AvgIpc) is 3.16. The molecule has 2 aromatic heterocycles. The van der Waals surface area contributed by atoms with Crippen LogP contribution >= 0.6 is 24.8 Å². The van der Waals surface area contributed by atoms with Crippen molar-refractivity contribution in [1.82, 2.24) is 25.4 Å². The van der Waals surface area contributed by atoms with E-state index in [0.29, 0.717) is 6.54 Å². The van der Waals surface area contributed by atoms with E-state index in [1.165, 1.54) is 0 Å². The zero-order valence-electron chi connectivity index (χ0n) is 13.5. The van der Waals surface area contributed by atoms with Crippen LogP contribution in [0.15, 0.2) is 36.9 Å². The quantitative estimate of drug-likeness (QED) is 0.831. The fourth-order valence-electron chi connectivity index (χ4n) is 2.94. The second-order valence-electron chi connectivity index (χ2n) is 5.72. The van der Waals surface area contributed by atoms with Gasteiger partial charge in [-0.1, -0.05) is 6.07 Å². The number of pyridine rings is 1. The first-order valence-electron chi connectivity index (χ1n) is 7.60. The monoisotopic (exact) mass is 371 g/mol. The van der Waals surface area contributed by atoms with E-state index in [4.69, 9.17) is 0 Å². The van der Waals surface area contributed by atoms with E-state index in [1.54, 1.807) is 10.9 Å². The first-order valence-corrected chi connectivity index (χ1v) is 7.60. The number of aromatic nitrogens is 3. The fourth-order valence-corrected chi connectivity index (χ4v) is 2.94. The number of hydrogen-bond acceptors (Lipinski definition) is 4. The summed E-state index contributed by atoms with van der Waals surface area (Å²) in [4.78, 5) is 16.5. The highest BCUT2D eigenvalue weighted by molar-refractivity contribution is 5.85. The lowest BCUT2D eigenvalue weighted by Crippen LogP contribution is -2.35. The average molecular weight is 372 g/mol. The van der Waals surface area contributed by atoms with Crippen LogP contribution in [0.3, 0.4) is 0 Å². The van der Waals surface area contributed by atoms with Gasteiger partial charge in [-0.25, -0.2) is 0 Å². The number of amides is 1. The molecule has 1 aliphatic rings. The molecule has 0 bridgehead atoms. The summed E-state index contributed by atoms with van der Waals surface area (Å²) in [5, 5.41) is 10.6. The number of rotatable bonds is 5. The van der Waals surface area contributed by atoms with Gasteiger partial charge < -0.3 is 10.6 Å². The summed E-state index contributed by atoms with van der Waals surface area (Å²) in [6, 6.07) is 3.94. The highest BCUT2D eigenvalue weighted by atomic mass is 35.5. The van der Waals surface area contributed by atoms with Gasteiger partial charge in [0.25, 0.3) is 0 Å². The zero-order valence-corrected chi connectivity index (χ0v) is 15.1.